The van der Waals surface area contributed by atoms with E-state index in [0.29, 0.717) is 5.69 Å². The standard InChI is InChI=1S/C17H10BN3O4/c22-17-15(18(23)20-25)10-21(11-16(17)19-24)14-8-4-7-13(9-14)12-5-2-1-3-6-12/h1-2,4-5,7-11,23H. The Labute approximate surface area is 142 Å². The number of benzene rings is 1. The molecule has 120 valence electrons. The molecule has 1 aromatic carbocycles. The second kappa shape index (κ2) is 6.90. The fraction of sp³-hybridized carbons (Fsp3) is 0. The molecular weight excluding hydrogens is 321 g/mol. The summed E-state index contributed by atoms with van der Waals surface area (Å²) < 4.78 is 1.43. The minimum atomic E-state index is -1.87. The topological polar surface area (TPSA) is 101 Å². The molecule has 0 spiro atoms. The van der Waals surface area contributed by atoms with E-state index in [-0.39, 0.29) is 5.46 Å². The molecule has 0 unspecified atom stereocenters. The zero-order valence-corrected chi connectivity index (χ0v) is 12.8. The van der Waals surface area contributed by atoms with E-state index in [0.717, 1.165) is 11.1 Å². The second-order valence-corrected chi connectivity index (χ2v) is 5.16. The van der Waals surface area contributed by atoms with Crippen LogP contribution in [0.1, 0.15) is 5.56 Å². The smallest absolute Gasteiger partial charge is 0.425 e. The lowest BCUT2D eigenvalue weighted by Gasteiger charge is -2.11. The maximum atomic E-state index is 12.0. The number of pyridine rings is 1. The highest BCUT2D eigenvalue weighted by Crippen LogP contribution is 2.20. The number of allylic oxidation sites excluding steroid dienone is 4. The van der Waals surface area contributed by atoms with Crippen molar-refractivity contribution in [1.82, 2.24) is 4.57 Å². The molecule has 1 aliphatic rings. The minimum absolute atomic E-state index is 0.322. The van der Waals surface area contributed by atoms with Gasteiger partial charge in [0.25, 0.3) is 0 Å². The first-order chi connectivity index (χ1) is 12.1. The van der Waals surface area contributed by atoms with Crippen LogP contribution in [0.15, 0.2) is 81.4 Å². The van der Waals surface area contributed by atoms with Crippen molar-refractivity contribution in [3.05, 3.63) is 92.0 Å². The van der Waals surface area contributed by atoms with Gasteiger partial charge in [-0.3, -0.25) is 4.79 Å². The van der Waals surface area contributed by atoms with Crippen LogP contribution in [0, 0.1) is 9.81 Å². The molecule has 3 rings (SSSR count). The van der Waals surface area contributed by atoms with E-state index in [1.165, 1.54) is 17.0 Å². The van der Waals surface area contributed by atoms with Crippen LogP contribution in [0.2, 0.25) is 0 Å². The summed E-state index contributed by atoms with van der Waals surface area (Å²) in [6.07, 6.45) is 7.91. The lowest BCUT2D eigenvalue weighted by atomic mass is 9.76. The van der Waals surface area contributed by atoms with E-state index in [4.69, 9.17) is 0 Å². The lowest BCUT2D eigenvalue weighted by molar-refractivity contribution is 0.587. The van der Waals surface area contributed by atoms with Gasteiger partial charge in [0.1, 0.15) is 0 Å². The molecule has 7 nitrogen and oxygen atoms in total. The first-order valence-electron chi connectivity index (χ1n) is 7.23. The fourth-order valence-electron chi connectivity index (χ4n) is 2.39. The molecule has 0 atom stereocenters. The summed E-state index contributed by atoms with van der Waals surface area (Å²) in [7, 11) is -1.87. The molecule has 1 aliphatic carbocycles. The van der Waals surface area contributed by atoms with Crippen LogP contribution >= 0.6 is 0 Å². The maximum Gasteiger partial charge on any atom is 0.523 e. The van der Waals surface area contributed by atoms with Crippen molar-refractivity contribution in [3.63, 3.8) is 0 Å². The summed E-state index contributed by atoms with van der Waals surface area (Å²) in [6.45, 7) is 0. The molecule has 1 N–H and O–H groups in total. The first-order valence-corrected chi connectivity index (χ1v) is 7.23. The highest BCUT2D eigenvalue weighted by molar-refractivity contribution is 6.64. The Bertz CT molecular complexity index is 1060. The van der Waals surface area contributed by atoms with E-state index in [2.05, 4.69) is 21.7 Å². The number of hydrogen-bond acceptors (Lipinski definition) is 6. The molecule has 1 heterocycles. The second-order valence-electron chi connectivity index (χ2n) is 5.16. The molecular formula is C17H10BN3O4. The van der Waals surface area contributed by atoms with Gasteiger partial charge in [0.2, 0.25) is 5.43 Å². The molecule has 2 aromatic rings. The van der Waals surface area contributed by atoms with E-state index in [9.17, 15) is 19.6 Å². The van der Waals surface area contributed by atoms with E-state index >= 15 is 0 Å². The monoisotopic (exact) mass is 331 g/mol. The zero-order chi connectivity index (χ0) is 17.8. The first kappa shape index (κ1) is 16.3. The zero-order valence-electron chi connectivity index (χ0n) is 12.8. The van der Waals surface area contributed by atoms with Crippen LogP contribution in [-0.4, -0.2) is 16.6 Å². The minimum Gasteiger partial charge on any atom is -0.425 e. The van der Waals surface area contributed by atoms with E-state index in [1.807, 2.05) is 18.2 Å². The fourth-order valence-corrected chi connectivity index (χ4v) is 2.39. The number of nitroso groups, excluding NO2 is 2. The van der Waals surface area contributed by atoms with E-state index < -0.39 is 18.2 Å². The Morgan fingerprint density at radius 2 is 2.04 bits per heavy atom. The SMILES string of the molecule is O=NB(O)c1cn(-c2cccc(C3=C=C=CC=C3)c2)cc(N=O)c1=O. The maximum absolute atomic E-state index is 12.0. The molecule has 0 aliphatic heterocycles. The van der Waals surface area contributed by atoms with Crippen molar-refractivity contribution >= 4 is 23.8 Å². The predicted octanol–water partition coefficient (Wildman–Crippen LogP) is 1.95. The summed E-state index contributed by atoms with van der Waals surface area (Å²) in [5, 5.41) is 14.7. The summed E-state index contributed by atoms with van der Waals surface area (Å²) in [5.74, 6) is 0. The highest BCUT2D eigenvalue weighted by Gasteiger charge is 2.23. The van der Waals surface area contributed by atoms with Gasteiger partial charge in [-0.15, -0.1) is 4.91 Å². The van der Waals surface area contributed by atoms with Crippen molar-refractivity contribution in [2.24, 2.45) is 10.3 Å². The number of hydrogen-bond donors (Lipinski definition) is 1. The number of rotatable bonds is 5. The molecule has 1 aromatic heterocycles. The summed E-state index contributed by atoms with van der Waals surface area (Å²) in [6, 6.07) is 7.18. The largest absolute Gasteiger partial charge is 0.523 e. The Balaban J connectivity index is 2.17. The molecule has 8 heteroatoms. The van der Waals surface area contributed by atoms with Crippen LogP contribution in [0.5, 0.6) is 0 Å². The summed E-state index contributed by atoms with van der Waals surface area (Å²) in [5.41, 5.74) is 6.52. The Kier molecular flexibility index (Phi) is 4.50. The van der Waals surface area contributed by atoms with Crippen LogP contribution in [0.3, 0.4) is 0 Å². The third-order valence-electron chi connectivity index (χ3n) is 3.62. The van der Waals surface area contributed by atoms with Crippen molar-refractivity contribution in [2.45, 2.75) is 0 Å². The normalized spacial score (nSPS) is 12.0. The van der Waals surface area contributed by atoms with Gasteiger partial charge in [-0.1, -0.05) is 34.8 Å². The molecule has 0 fully saturated rings. The molecule has 0 bridgehead atoms. The lowest BCUT2D eigenvalue weighted by Crippen LogP contribution is -2.40. The molecule has 0 saturated heterocycles. The van der Waals surface area contributed by atoms with Crippen molar-refractivity contribution in [1.29, 1.82) is 0 Å². The van der Waals surface area contributed by atoms with Gasteiger partial charge in [0, 0.05) is 29.1 Å². The molecule has 0 radical (unpaired) electrons. The van der Waals surface area contributed by atoms with Crippen molar-refractivity contribution in [3.8, 4) is 5.69 Å². The Morgan fingerprint density at radius 3 is 2.72 bits per heavy atom. The summed E-state index contributed by atoms with van der Waals surface area (Å²) >= 11 is 0. The molecule has 0 amide bonds. The van der Waals surface area contributed by atoms with Crippen LogP contribution in [0.4, 0.5) is 5.69 Å². The number of nitrogens with zero attached hydrogens (tertiary/aromatic N) is 3. The average Bonchev–Trinajstić information content (AvgIpc) is 2.68. The van der Waals surface area contributed by atoms with Gasteiger partial charge in [-0.2, -0.15) is 4.91 Å². The van der Waals surface area contributed by atoms with Gasteiger partial charge in [0.15, 0.2) is 5.69 Å². The highest BCUT2D eigenvalue weighted by atomic mass is 16.3. The van der Waals surface area contributed by atoms with Gasteiger partial charge in [0.05, 0.1) is 0 Å². The van der Waals surface area contributed by atoms with Crippen molar-refractivity contribution in [2.75, 3.05) is 0 Å². The van der Waals surface area contributed by atoms with Crippen LogP contribution < -0.4 is 10.9 Å². The summed E-state index contributed by atoms with van der Waals surface area (Å²) in [4.78, 5) is 33.5. The van der Waals surface area contributed by atoms with Gasteiger partial charge < -0.3 is 9.59 Å². The van der Waals surface area contributed by atoms with Crippen LogP contribution in [-0.2, 0) is 0 Å². The Morgan fingerprint density at radius 1 is 1.20 bits per heavy atom. The molecule has 0 saturated carbocycles. The quantitative estimate of drug-likeness (QED) is 0.514. The van der Waals surface area contributed by atoms with Crippen LogP contribution in [0.25, 0.3) is 11.3 Å². The van der Waals surface area contributed by atoms with Gasteiger partial charge in [-0.25, -0.2) is 0 Å². The predicted molar refractivity (Wildman–Crippen MR) is 95.0 cm³/mol. The molecule has 25 heavy (non-hydrogen) atoms. The number of aromatic nitrogens is 1. The van der Waals surface area contributed by atoms with E-state index in [1.54, 1.807) is 24.3 Å². The Hall–Kier alpha value is -3.57. The third kappa shape index (κ3) is 3.22. The van der Waals surface area contributed by atoms with Gasteiger partial charge in [-0.05, 0) is 35.0 Å². The third-order valence-corrected chi connectivity index (χ3v) is 3.62. The average molecular weight is 331 g/mol. The van der Waals surface area contributed by atoms with Gasteiger partial charge >= 0.3 is 7.05 Å². The van der Waals surface area contributed by atoms with Crippen molar-refractivity contribution < 1.29 is 5.02 Å².